The molecular weight excluding hydrogens is 318 g/mol. The van der Waals surface area contributed by atoms with Gasteiger partial charge in [-0.3, -0.25) is 4.79 Å². The van der Waals surface area contributed by atoms with Crippen molar-refractivity contribution in [1.29, 1.82) is 0 Å². The highest BCUT2D eigenvalue weighted by Gasteiger charge is 2.15. The van der Waals surface area contributed by atoms with Crippen LogP contribution in [0.1, 0.15) is 0 Å². The zero-order valence-corrected chi connectivity index (χ0v) is 12.5. The summed E-state index contributed by atoms with van der Waals surface area (Å²) in [6.45, 7) is 0. The molecule has 0 saturated carbocycles. The molecule has 0 aliphatic rings. The molecule has 8 heteroatoms. The zero-order chi connectivity index (χ0) is 15.4. The number of rotatable bonds is 4. The van der Waals surface area contributed by atoms with Gasteiger partial charge in [-0.05, 0) is 23.7 Å². The van der Waals surface area contributed by atoms with Crippen molar-refractivity contribution in [1.82, 2.24) is 9.97 Å². The number of halogens is 3. The number of para-hydroxylation sites is 2. The molecule has 0 bridgehead atoms. The molecule has 1 heterocycles. The second kappa shape index (κ2) is 6.69. The van der Waals surface area contributed by atoms with Gasteiger partial charge in [0.25, 0.3) is 0 Å². The van der Waals surface area contributed by atoms with Gasteiger partial charge >= 0.3 is 0 Å². The quantitative estimate of drug-likeness (QED) is 0.691. The molecule has 110 valence electrons. The van der Waals surface area contributed by atoms with Crippen molar-refractivity contribution >= 4 is 46.3 Å². The Bertz CT molecular complexity index is 668. The van der Waals surface area contributed by atoms with Crippen LogP contribution in [0.5, 0.6) is 0 Å². The molecule has 2 aromatic rings. The maximum atomic E-state index is 13.7. The number of aromatic nitrogens is 2. The van der Waals surface area contributed by atoms with Gasteiger partial charge in [0.2, 0.25) is 11.2 Å². The van der Waals surface area contributed by atoms with E-state index in [9.17, 15) is 9.18 Å². The minimum Gasteiger partial charge on any atom is -0.336 e. The van der Waals surface area contributed by atoms with Gasteiger partial charge in [-0.25, -0.2) is 9.37 Å². The molecule has 1 amide bonds. The van der Waals surface area contributed by atoms with Gasteiger partial charge < -0.3 is 10.2 Å². The van der Waals surface area contributed by atoms with E-state index < -0.39 is 5.82 Å². The second-order valence-corrected chi connectivity index (χ2v) is 4.67. The lowest BCUT2D eigenvalue weighted by molar-refractivity contribution is -0.116. The molecule has 0 aliphatic heterocycles. The van der Waals surface area contributed by atoms with Crippen LogP contribution in [0.4, 0.5) is 21.6 Å². The summed E-state index contributed by atoms with van der Waals surface area (Å²) in [7, 11) is 1.58. The van der Waals surface area contributed by atoms with Crippen molar-refractivity contribution in [3.63, 3.8) is 0 Å². The first kappa shape index (κ1) is 15.5. The van der Waals surface area contributed by atoms with E-state index in [1.165, 1.54) is 4.90 Å². The lowest BCUT2D eigenvalue weighted by Gasteiger charge is -2.20. The summed E-state index contributed by atoms with van der Waals surface area (Å²) in [4.78, 5) is 20.4. The molecule has 0 aliphatic carbocycles. The average molecular weight is 329 g/mol. The molecule has 0 saturated heterocycles. The highest BCUT2D eigenvalue weighted by atomic mass is 35.5. The zero-order valence-electron chi connectivity index (χ0n) is 11.0. The monoisotopic (exact) mass is 328 g/mol. The van der Waals surface area contributed by atoms with Crippen LogP contribution in [-0.2, 0) is 4.79 Å². The van der Waals surface area contributed by atoms with Crippen molar-refractivity contribution in [2.45, 2.75) is 0 Å². The third kappa shape index (κ3) is 3.59. The van der Waals surface area contributed by atoms with Gasteiger partial charge in [-0.1, -0.05) is 12.1 Å². The number of nitrogens with zero attached hydrogens (tertiary/aromatic N) is 3. The lowest BCUT2D eigenvalue weighted by atomic mass is 10.2. The number of amides is 1. The Balaban J connectivity index is 2.36. The highest BCUT2D eigenvalue weighted by Crippen LogP contribution is 2.28. The van der Waals surface area contributed by atoms with E-state index in [4.69, 9.17) is 23.2 Å². The van der Waals surface area contributed by atoms with E-state index in [0.29, 0.717) is 11.4 Å². The molecule has 0 unspecified atom stereocenters. The Morgan fingerprint density at radius 2 is 2.14 bits per heavy atom. The van der Waals surface area contributed by atoms with Crippen molar-refractivity contribution in [2.24, 2.45) is 0 Å². The molecule has 2 rings (SSSR count). The van der Waals surface area contributed by atoms with Crippen LogP contribution in [0, 0.1) is 5.82 Å². The number of carbonyl (C=O) groups is 1. The molecule has 1 aromatic carbocycles. The third-order valence-corrected chi connectivity index (χ3v) is 3.13. The predicted octanol–water partition coefficient (Wildman–Crippen LogP) is 3.21. The minimum atomic E-state index is -0.652. The fourth-order valence-corrected chi connectivity index (χ4v) is 1.97. The molecule has 0 spiro atoms. The van der Waals surface area contributed by atoms with Crippen LogP contribution in [-0.4, -0.2) is 28.8 Å². The summed E-state index contributed by atoms with van der Waals surface area (Å²) in [5.74, 6) is -1.17. The second-order valence-electron chi connectivity index (χ2n) is 4.06. The number of alkyl halides is 1. The first-order chi connectivity index (χ1) is 10.0. The molecular formula is C13H11Cl2FN4O. The van der Waals surface area contributed by atoms with Crippen LogP contribution >= 0.6 is 23.2 Å². The maximum Gasteiger partial charge on any atom is 0.241 e. The average Bonchev–Trinajstić information content (AvgIpc) is 2.50. The van der Waals surface area contributed by atoms with E-state index in [1.54, 1.807) is 31.3 Å². The van der Waals surface area contributed by atoms with Gasteiger partial charge in [-0.2, -0.15) is 4.98 Å². The van der Waals surface area contributed by atoms with E-state index in [2.05, 4.69) is 15.3 Å². The molecule has 1 N–H and O–H groups in total. The highest BCUT2D eigenvalue weighted by molar-refractivity contribution is 6.29. The van der Waals surface area contributed by atoms with Gasteiger partial charge in [0.05, 0.1) is 17.6 Å². The number of hydrogen-bond acceptors (Lipinski definition) is 4. The lowest BCUT2D eigenvalue weighted by Crippen LogP contribution is -2.27. The summed E-state index contributed by atoms with van der Waals surface area (Å²) >= 11 is 11.2. The van der Waals surface area contributed by atoms with E-state index in [-0.39, 0.29) is 22.9 Å². The number of hydrogen-bond donors (Lipinski definition) is 1. The normalized spacial score (nSPS) is 10.3. The SMILES string of the molecule is CN(C(=O)CCl)c1ccccc1Nc1nc(Cl)ncc1F. The number of anilines is 3. The third-order valence-electron chi connectivity index (χ3n) is 2.72. The first-order valence-corrected chi connectivity index (χ1v) is 6.80. The largest absolute Gasteiger partial charge is 0.336 e. The maximum absolute atomic E-state index is 13.7. The standard InChI is InChI=1S/C13H11Cl2FN4O/c1-20(11(21)6-14)10-5-3-2-4-9(10)18-12-8(16)7-17-13(15)19-12/h2-5,7H,6H2,1H3,(H,17,18,19). The smallest absolute Gasteiger partial charge is 0.241 e. The summed E-state index contributed by atoms with van der Waals surface area (Å²) in [5.41, 5.74) is 1.03. The van der Waals surface area contributed by atoms with Crippen molar-refractivity contribution in [2.75, 3.05) is 23.1 Å². The number of carbonyl (C=O) groups excluding carboxylic acids is 1. The van der Waals surface area contributed by atoms with Gasteiger partial charge in [0.1, 0.15) is 5.88 Å². The Kier molecular flexibility index (Phi) is 4.93. The molecule has 5 nitrogen and oxygen atoms in total. The Labute approximate surface area is 130 Å². The summed E-state index contributed by atoms with van der Waals surface area (Å²) in [6, 6.07) is 6.88. The number of nitrogens with one attached hydrogen (secondary N) is 1. The Morgan fingerprint density at radius 1 is 1.43 bits per heavy atom. The fourth-order valence-electron chi connectivity index (χ4n) is 1.66. The summed E-state index contributed by atoms with van der Waals surface area (Å²) < 4.78 is 13.7. The van der Waals surface area contributed by atoms with Crippen LogP contribution in [0.3, 0.4) is 0 Å². The van der Waals surface area contributed by atoms with Crippen molar-refractivity contribution in [3.05, 3.63) is 41.6 Å². The topological polar surface area (TPSA) is 58.1 Å². The Hall–Kier alpha value is -1.92. The minimum absolute atomic E-state index is 0.0748. The molecule has 0 fully saturated rings. The summed E-state index contributed by atoms with van der Waals surface area (Å²) in [5, 5.41) is 2.71. The van der Waals surface area contributed by atoms with Crippen molar-refractivity contribution in [3.8, 4) is 0 Å². The van der Waals surface area contributed by atoms with Crippen LogP contribution < -0.4 is 10.2 Å². The Morgan fingerprint density at radius 3 is 2.86 bits per heavy atom. The van der Waals surface area contributed by atoms with E-state index >= 15 is 0 Å². The molecule has 0 radical (unpaired) electrons. The van der Waals surface area contributed by atoms with Gasteiger partial charge in [0.15, 0.2) is 11.6 Å². The van der Waals surface area contributed by atoms with E-state index in [1.807, 2.05) is 0 Å². The number of benzene rings is 1. The predicted molar refractivity (Wildman–Crippen MR) is 80.9 cm³/mol. The van der Waals surface area contributed by atoms with E-state index in [0.717, 1.165) is 6.20 Å². The van der Waals surface area contributed by atoms with Crippen LogP contribution in [0.25, 0.3) is 0 Å². The van der Waals surface area contributed by atoms with Crippen LogP contribution in [0.2, 0.25) is 5.28 Å². The first-order valence-electron chi connectivity index (χ1n) is 5.89. The fraction of sp³-hybridized carbons (Fsp3) is 0.154. The van der Waals surface area contributed by atoms with Crippen LogP contribution in [0.15, 0.2) is 30.5 Å². The van der Waals surface area contributed by atoms with Gasteiger partial charge in [0, 0.05) is 7.05 Å². The molecule has 1 aromatic heterocycles. The summed E-state index contributed by atoms with van der Waals surface area (Å²) in [6.07, 6.45) is 0.966. The molecule has 0 atom stereocenters. The van der Waals surface area contributed by atoms with Crippen molar-refractivity contribution < 1.29 is 9.18 Å². The van der Waals surface area contributed by atoms with Gasteiger partial charge in [-0.15, -0.1) is 11.6 Å². The molecule has 21 heavy (non-hydrogen) atoms.